The Labute approximate surface area is 95.0 Å². The van der Waals surface area contributed by atoms with Gasteiger partial charge in [0.15, 0.2) is 0 Å². The van der Waals surface area contributed by atoms with Gasteiger partial charge in [-0.1, -0.05) is 48.2 Å². The Kier molecular flexibility index (Phi) is 4.40. The highest BCUT2D eigenvalue weighted by molar-refractivity contribution is 5.75. The second-order valence-electron chi connectivity index (χ2n) is 2.98. The molecule has 0 aromatic heterocycles. The van der Waals surface area contributed by atoms with Crippen LogP contribution in [0.25, 0.3) is 0 Å². The summed E-state index contributed by atoms with van der Waals surface area (Å²) in [6.07, 6.45) is 0. The van der Waals surface area contributed by atoms with Crippen molar-refractivity contribution in [2.75, 3.05) is 0 Å². The molecule has 0 fully saturated rings. The molecule has 74 valence electrons. The fourth-order valence-corrected chi connectivity index (χ4v) is 1.19. The molecule has 0 nitrogen and oxygen atoms in total. The summed E-state index contributed by atoms with van der Waals surface area (Å²) in [6.45, 7) is 0. The molecule has 0 atom stereocenters. The number of benzene rings is 2. The highest BCUT2D eigenvalue weighted by Gasteiger charge is 1.83. The molecule has 0 unspecified atom stereocenters. The van der Waals surface area contributed by atoms with Crippen molar-refractivity contribution in [2.45, 2.75) is 0 Å². The molecule has 15 heavy (non-hydrogen) atoms. The quantitative estimate of drug-likeness (QED) is 0.458. The van der Waals surface area contributed by atoms with E-state index in [0.29, 0.717) is 0 Å². The molecule has 0 aliphatic rings. The summed E-state index contributed by atoms with van der Waals surface area (Å²) in [5, 5.41) is 0. The van der Waals surface area contributed by atoms with Crippen molar-refractivity contribution < 1.29 is 0 Å². The van der Waals surface area contributed by atoms with Gasteiger partial charge in [0.05, 0.1) is 0 Å². The lowest BCUT2D eigenvalue weighted by molar-refractivity contribution is 1.62. The van der Waals surface area contributed by atoms with Crippen molar-refractivity contribution in [3.63, 3.8) is 0 Å². The summed E-state index contributed by atoms with van der Waals surface area (Å²) >= 11 is 0. The molecule has 0 radical (unpaired) electrons. The second-order valence-corrected chi connectivity index (χ2v) is 2.98. The standard InChI is InChI=1S/C14H10.H4Si/c1-3-7-13(8-4-1)11-12-14-9-5-2-6-10-14;/h1-10H;1H4. The molecule has 2 aromatic carbocycles. The number of hydrogen-bond donors (Lipinski definition) is 0. The fraction of sp³-hybridized carbons (Fsp3) is 0. The van der Waals surface area contributed by atoms with Crippen LogP contribution in [0.15, 0.2) is 60.7 Å². The van der Waals surface area contributed by atoms with Gasteiger partial charge >= 0.3 is 0 Å². The van der Waals surface area contributed by atoms with Crippen molar-refractivity contribution >= 4 is 11.0 Å². The molecule has 0 amide bonds. The lowest BCUT2D eigenvalue weighted by Gasteiger charge is -1.88. The second kappa shape index (κ2) is 5.84. The zero-order chi connectivity index (χ0) is 9.64. The first-order valence-electron chi connectivity index (χ1n) is 4.57. The van der Waals surface area contributed by atoms with E-state index in [1.165, 1.54) is 0 Å². The third-order valence-electron chi connectivity index (χ3n) is 1.90. The Morgan fingerprint density at radius 1 is 0.533 bits per heavy atom. The normalized spacial score (nSPS) is 8.27. The van der Waals surface area contributed by atoms with E-state index in [4.69, 9.17) is 0 Å². The van der Waals surface area contributed by atoms with E-state index in [1.54, 1.807) is 0 Å². The molecule has 2 aromatic rings. The topological polar surface area (TPSA) is 0 Å². The van der Waals surface area contributed by atoms with Gasteiger partial charge in [0.1, 0.15) is 0 Å². The van der Waals surface area contributed by atoms with Crippen LogP contribution >= 0.6 is 0 Å². The lowest BCUT2D eigenvalue weighted by Crippen LogP contribution is -1.73. The summed E-state index contributed by atoms with van der Waals surface area (Å²) in [5.74, 6) is 6.22. The minimum atomic E-state index is 0. The summed E-state index contributed by atoms with van der Waals surface area (Å²) in [7, 11) is 0. The molecular weight excluding hydrogens is 196 g/mol. The smallest absolute Gasteiger partial charge is 0.0249 e. The molecule has 0 aliphatic carbocycles. The Morgan fingerprint density at radius 3 is 1.20 bits per heavy atom. The predicted molar refractivity (Wildman–Crippen MR) is 70.2 cm³/mol. The zero-order valence-corrected chi connectivity index (χ0v) is 7.77. The summed E-state index contributed by atoms with van der Waals surface area (Å²) in [5.41, 5.74) is 2.10. The lowest BCUT2D eigenvalue weighted by atomic mass is 10.2. The van der Waals surface area contributed by atoms with E-state index in [9.17, 15) is 0 Å². The van der Waals surface area contributed by atoms with E-state index < -0.39 is 0 Å². The summed E-state index contributed by atoms with van der Waals surface area (Å²) in [4.78, 5) is 0. The SMILES string of the molecule is C(#Cc1ccccc1)c1ccccc1.[SiH4]. The predicted octanol–water partition coefficient (Wildman–Crippen LogP) is 1.63. The molecule has 0 saturated heterocycles. The number of rotatable bonds is 0. The third-order valence-corrected chi connectivity index (χ3v) is 1.90. The van der Waals surface area contributed by atoms with Crippen LogP contribution in [-0.2, 0) is 0 Å². The highest BCUT2D eigenvalue weighted by atomic mass is 28.1. The Bertz CT molecular complexity index is 405. The van der Waals surface area contributed by atoms with E-state index in [0.717, 1.165) is 11.1 Å². The zero-order valence-electron chi connectivity index (χ0n) is 7.77. The molecule has 0 N–H and O–H groups in total. The van der Waals surface area contributed by atoms with Gasteiger partial charge in [0, 0.05) is 11.1 Å². The Morgan fingerprint density at radius 2 is 0.867 bits per heavy atom. The average molecular weight is 210 g/mol. The molecule has 1 heteroatoms. The minimum Gasteiger partial charge on any atom is -0.0622 e. The van der Waals surface area contributed by atoms with Crippen LogP contribution in [0.3, 0.4) is 0 Å². The van der Waals surface area contributed by atoms with Crippen molar-refractivity contribution in [2.24, 2.45) is 0 Å². The maximum Gasteiger partial charge on any atom is 0.0249 e. The summed E-state index contributed by atoms with van der Waals surface area (Å²) in [6, 6.07) is 20.0. The van der Waals surface area contributed by atoms with Crippen LogP contribution in [0.1, 0.15) is 11.1 Å². The van der Waals surface area contributed by atoms with Gasteiger partial charge in [-0.2, -0.15) is 0 Å². The van der Waals surface area contributed by atoms with Gasteiger partial charge in [-0.05, 0) is 35.2 Å². The van der Waals surface area contributed by atoms with Crippen LogP contribution in [0.4, 0.5) is 0 Å². The number of hydrogen-bond acceptors (Lipinski definition) is 0. The average Bonchev–Trinajstić information content (AvgIpc) is 2.29. The van der Waals surface area contributed by atoms with Crippen molar-refractivity contribution in [3.05, 3.63) is 71.8 Å². The first-order chi connectivity index (χ1) is 6.95. The van der Waals surface area contributed by atoms with Crippen molar-refractivity contribution in [3.8, 4) is 11.8 Å². The van der Waals surface area contributed by atoms with Crippen molar-refractivity contribution in [1.82, 2.24) is 0 Å². The third kappa shape index (κ3) is 3.45. The maximum atomic E-state index is 3.11. The van der Waals surface area contributed by atoms with Gasteiger partial charge in [-0.15, -0.1) is 0 Å². The largest absolute Gasteiger partial charge is 0.0622 e. The molecule has 0 heterocycles. The molecule has 0 aliphatic heterocycles. The van der Waals surface area contributed by atoms with Gasteiger partial charge in [-0.25, -0.2) is 0 Å². The van der Waals surface area contributed by atoms with Crippen LogP contribution in [-0.4, -0.2) is 11.0 Å². The molecule has 2 rings (SSSR count). The van der Waals surface area contributed by atoms with Gasteiger partial charge in [-0.3, -0.25) is 0 Å². The van der Waals surface area contributed by atoms with E-state index >= 15 is 0 Å². The molecule has 0 bridgehead atoms. The van der Waals surface area contributed by atoms with Crippen LogP contribution < -0.4 is 0 Å². The minimum absolute atomic E-state index is 0. The van der Waals surface area contributed by atoms with E-state index in [2.05, 4.69) is 11.8 Å². The molecular formula is C14H14Si. The van der Waals surface area contributed by atoms with E-state index in [-0.39, 0.29) is 11.0 Å². The Balaban J connectivity index is 0.00000112. The Hall–Kier alpha value is -1.78. The summed E-state index contributed by atoms with van der Waals surface area (Å²) < 4.78 is 0. The molecule has 0 spiro atoms. The highest BCUT2D eigenvalue weighted by Crippen LogP contribution is 1.98. The first-order valence-corrected chi connectivity index (χ1v) is 4.57. The monoisotopic (exact) mass is 210 g/mol. The van der Waals surface area contributed by atoms with Gasteiger partial charge < -0.3 is 0 Å². The van der Waals surface area contributed by atoms with Crippen LogP contribution in [0.5, 0.6) is 0 Å². The van der Waals surface area contributed by atoms with E-state index in [1.807, 2.05) is 60.7 Å². The molecule has 0 saturated carbocycles. The maximum absolute atomic E-state index is 3.11. The van der Waals surface area contributed by atoms with Gasteiger partial charge in [0.2, 0.25) is 0 Å². The van der Waals surface area contributed by atoms with Gasteiger partial charge in [0.25, 0.3) is 0 Å². The van der Waals surface area contributed by atoms with Crippen LogP contribution in [0, 0.1) is 11.8 Å². The fourth-order valence-electron chi connectivity index (χ4n) is 1.19. The van der Waals surface area contributed by atoms with Crippen molar-refractivity contribution in [1.29, 1.82) is 0 Å². The van der Waals surface area contributed by atoms with Crippen LogP contribution in [0.2, 0.25) is 0 Å². The first kappa shape index (κ1) is 11.3.